The lowest BCUT2D eigenvalue weighted by molar-refractivity contribution is -0.286. The molecule has 1 fully saturated rings. The van der Waals surface area contributed by atoms with Crippen LogP contribution in [0.2, 0.25) is 0 Å². The second kappa shape index (κ2) is 6.03. The third-order valence-electron chi connectivity index (χ3n) is 4.82. The van der Waals surface area contributed by atoms with Crippen LogP contribution in [0.1, 0.15) is 18.4 Å². The van der Waals surface area contributed by atoms with Crippen molar-refractivity contribution in [2.75, 3.05) is 0 Å². The first kappa shape index (κ1) is 17.7. The molecule has 1 aliphatic heterocycles. The molecule has 0 amide bonds. The Bertz CT molecular complexity index is 1060. The third-order valence-corrected chi connectivity index (χ3v) is 4.82. The number of fused-ring (bicyclic) bond motifs is 1. The number of ether oxygens (including phenoxy) is 3. The van der Waals surface area contributed by atoms with Gasteiger partial charge in [-0.2, -0.15) is 0 Å². The lowest BCUT2D eigenvalue weighted by atomic mass is 9.74. The summed E-state index contributed by atoms with van der Waals surface area (Å²) in [4.78, 5) is 4.12. The van der Waals surface area contributed by atoms with Gasteiger partial charge in [0.25, 0.3) is 0 Å². The van der Waals surface area contributed by atoms with Crippen LogP contribution in [0.25, 0.3) is 11.3 Å². The molecule has 3 aromatic rings. The van der Waals surface area contributed by atoms with Gasteiger partial charge in [0.1, 0.15) is 11.8 Å². The van der Waals surface area contributed by atoms with Gasteiger partial charge in [-0.1, -0.05) is 11.2 Å². The Balaban J connectivity index is 1.23. The smallest absolute Gasteiger partial charge is 0.586 e. The topological polar surface area (TPSA) is 89.7 Å². The molecule has 0 N–H and O–H groups in total. The van der Waals surface area contributed by atoms with Crippen molar-refractivity contribution >= 4 is 0 Å². The largest absolute Gasteiger partial charge is 0.856 e. The van der Waals surface area contributed by atoms with E-state index in [4.69, 9.17) is 9.26 Å². The van der Waals surface area contributed by atoms with Crippen molar-refractivity contribution in [1.29, 1.82) is 0 Å². The molecule has 5 rings (SSSR count). The molecule has 0 radical (unpaired) electrons. The SMILES string of the molecule is [O-]c1cc(-c2ccc(OC3CC(F)(c4ccc5c(c4)OC(F)(F)O5)C3)nc2)on1. The Kier molecular flexibility index (Phi) is 3.67. The summed E-state index contributed by atoms with van der Waals surface area (Å²) in [5, 5.41) is 14.3. The number of halogens is 3. The van der Waals surface area contributed by atoms with E-state index in [1.54, 1.807) is 12.1 Å². The number of aromatic nitrogens is 2. The Labute approximate surface area is 161 Å². The summed E-state index contributed by atoms with van der Waals surface area (Å²) >= 11 is 0. The van der Waals surface area contributed by atoms with E-state index in [-0.39, 0.29) is 41.5 Å². The van der Waals surface area contributed by atoms with E-state index in [1.165, 1.54) is 30.5 Å². The van der Waals surface area contributed by atoms with Crippen LogP contribution in [-0.4, -0.2) is 22.5 Å². The molecule has 150 valence electrons. The van der Waals surface area contributed by atoms with Gasteiger partial charge in [-0.25, -0.2) is 9.37 Å². The van der Waals surface area contributed by atoms with Crippen LogP contribution >= 0.6 is 0 Å². The summed E-state index contributed by atoms with van der Waals surface area (Å²) in [7, 11) is 0. The maximum Gasteiger partial charge on any atom is 0.586 e. The lowest BCUT2D eigenvalue weighted by Crippen LogP contribution is -2.44. The van der Waals surface area contributed by atoms with E-state index in [0.29, 0.717) is 5.56 Å². The number of hydrogen-bond donors (Lipinski definition) is 0. The maximum absolute atomic E-state index is 15.1. The predicted octanol–water partition coefficient (Wildman–Crippen LogP) is 3.54. The maximum atomic E-state index is 15.1. The normalized spacial score (nSPS) is 24.2. The van der Waals surface area contributed by atoms with Crippen LogP contribution in [-0.2, 0) is 5.67 Å². The Morgan fingerprint density at radius 2 is 1.83 bits per heavy atom. The molecule has 0 unspecified atom stereocenters. The van der Waals surface area contributed by atoms with Crippen molar-refractivity contribution < 1.29 is 37.0 Å². The number of rotatable bonds is 4. The highest BCUT2D eigenvalue weighted by atomic mass is 19.3. The summed E-state index contributed by atoms with van der Waals surface area (Å²) < 4.78 is 60.5. The van der Waals surface area contributed by atoms with Gasteiger partial charge < -0.3 is 23.8 Å². The van der Waals surface area contributed by atoms with Gasteiger partial charge in [0.15, 0.2) is 17.3 Å². The second-order valence-electron chi connectivity index (χ2n) is 6.86. The van der Waals surface area contributed by atoms with Crippen LogP contribution in [0, 0.1) is 0 Å². The highest BCUT2D eigenvalue weighted by Gasteiger charge is 2.50. The fraction of sp³-hybridized carbons (Fsp3) is 0.263. The van der Waals surface area contributed by atoms with Crippen LogP contribution in [0.15, 0.2) is 47.1 Å². The van der Waals surface area contributed by atoms with Crippen LogP contribution < -0.4 is 19.3 Å². The first-order valence-electron chi connectivity index (χ1n) is 8.66. The van der Waals surface area contributed by atoms with Gasteiger partial charge in [0, 0.05) is 36.5 Å². The quantitative estimate of drug-likeness (QED) is 0.656. The molecule has 0 saturated heterocycles. The predicted molar refractivity (Wildman–Crippen MR) is 88.3 cm³/mol. The first-order valence-corrected chi connectivity index (χ1v) is 8.66. The molecule has 10 heteroatoms. The Hall–Kier alpha value is -3.43. The zero-order chi connectivity index (χ0) is 20.2. The lowest BCUT2D eigenvalue weighted by Gasteiger charge is -2.41. The molecular weight excluding hydrogens is 393 g/mol. The monoisotopic (exact) mass is 405 g/mol. The fourth-order valence-electron chi connectivity index (χ4n) is 3.37. The zero-order valence-corrected chi connectivity index (χ0v) is 14.6. The van der Waals surface area contributed by atoms with Crippen molar-refractivity contribution in [1.82, 2.24) is 10.1 Å². The Morgan fingerprint density at radius 1 is 1.03 bits per heavy atom. The number of alkyl halides is 3. The van der Waals surface area contributed by atoms with Crippen LogP contribution in [0.4, 0.5) is 13.2 Å². The minimum absolute atomic E-state index is 0.0358. The van der Waals surface area contributed by atoms with Crippen LogP contribution in [0.5, 0.6) is 23.3 Å². The van der Waals surface area contributed by atoms with E-state index in [9.17, 15) is 13.9 Å². The molecular formula is C19H12F3N2O5-. The molecule has 0 bridgehead atoms. The van der Waals surface area contributed by atoms with Crippen molar-refractivity contribution in [3.05, 3.63) is 48.2 Å². The highest BCUT2D eigenvalue weighted by molar-refractivity contribution is 5.56. The minimum atomic E-state index is -3.74. The molecule has 1 aromatic carbocycles. The molecule has 2 aliphatic rings. The second-order valence-corrected chi connectivity index (χ2v) is 6.86. The van der Waals surface area contributed by atoms with Gasteiger partial charge in [-0.3, -0.25) is 0 Å². The molecule has 0 spiro atoms. The molecule has 7 nitrogen and oxygen atoms in total. The van der Waals surface area contributed by atoms with Gasteiger partial charge in [0.05, 0.1) is 0 Å². The van der Waals surface area contributed by atoms with Gasteiger partial charge >= 0.3 is 6.29 Å². The number of benzene rings is 1. The number of pyridine rings is 1. The molecule has 2 aromatic heterocycles. The van der Waals surface area contributed by atoms with E-state index in [1.807, 2.05) is 0 Å². The average Bonchev–Trinajstić information content (AvgIpc) is 3.21. The molecule has 3 heterocycles. The summed E-state index contributed by atoms with van der Waals surface area (Å²) in [5.74, 6) is -0.238. The third kappa shape index (κ3) is 3.20. The summed E-state index contributed by atoms with van der Waals surface area (Å²) in [6, 6.07) is 8.33. The molecule has 29 heavy (non-hydrogen) atoms. The van der Waals surface area contributed by atoms with E-state index >= 15 is 4.39 Å². The van der Waals surface area contributed by atoms with Gasteiger partial charge in [-0.15, -0.1) is 8.78 Å². The first-order chi connectivity index (χ1) is 13.8. The highest BCUT2D eigenvalue weighted by Crippen LogP contribution is 2.50. The van der Waals surface area contributed by atoms with Crippen molar-refractivity contribution in [3.8, 4) is 34.6 Å². The van der Waals surface area contributed by atoms with Crippen molar-refractivity contribution in [2.45, 2.75) is 30.9 Å². The number of hydrogen-bond acceptors (Lipinski definition) is 7. The molecule has 0 atom stereocenters. The van der Waals surface area contributed by atoms with E-state index < -0.39 is 23.9 Å². The van der Waals surface area contributed by atoms with Crippen molar-refractivity contribution in [2.24, 2.45) is 0 Å². The summed E-state index contributed by atoms with van der Waals surface area (Å²) in [5.41, 5.74) is -0.942. The van der Waals surface area contributed by atoms with Gasteiger partial charge in [0.2, 0.25) is 5.88 Å². The molecule has 1 saturated carbocycles. The standard InChI is InChI=1S/C19H13F3N2O5/c20-18(11-2-3-13-15(5-11)28-19(21,22)27-13)7-12(8-18)26-17-4-1-10(9-23-17)14-6-16(25)24-29-14/h1-6,9,12H,7-8H2,(H,24,25)/p-1. The minimum Gasteiger partial charge on any atom is -0.856 e. The summed E-state index contributed by atoms with van der Waals surface area (Å²) in [6.45, 7) is 0. The van der Waals surface area contributed by atoms with Crippen LogP contribution in [0.3, 0.4) is 0 Å². The van der Waals surface area contributed by atoms with E-state index in [2.05, 4.69) is 19.6 Å². The fourth-order valence-corrected chi connectivity index (χ4v) is 3.37. The zero-order valence-electron chi connectivity index (χ0n) is 14.6. The molecule has 1 aliphatic carbocycles. The van der Waals surface area contributed by atoms with Crippen molar-refractivity contribution in [3.63, 3.8) is 0 Å². The van der Waals surface area contributed by atoms with Gasteiger partial charge in [-0.05, 0) is 29.8 Å². The van der Waals surface area contributed by atoms with E-state index in [0.717, 1.165) is 0 Å². The Morgan fingerprint density at radius 3 is 2.52 bits per heavy atom. The summed E-state index contributed by atoms with van der Waals surface area (Å²) in [6.07, 6.45) is -2.64. The average molecular weight is 405 g/mol. The number of nitrogens with zero attached hydrogens (tertiary/aromatic N) is 2.